The van der Waals surface area contributed by atoms with Crippen molar-refractivity contribution in [1.82, 2.24) is 0 Å². The van der Waals surface area contributed by atoms with Crippen molar-refractivity contribution in [3.63, 3.8) is 0 Å². The number of amides is 1. The van der Waals surface area contributed by atoms with Crippen LogP contribution in [0.5, 0.6) is 0 Å². The van der Waals surface area contributed by atoms with Gasteiger partial charge in [0, 0.05) is 11.1 Å². The minimum atomic E-state index is -1.88. The quantitative estimate of drug-likeness (QED) is 0.529. The van der Waals surface area contributed by atoms with E-state index in [1.165, 1.54) is 5.56 Å². The Morgan fingerprint density at radius 3 is 1.97 bits per heavy atom. The van der Waals surface area contributed by atoms with Gasteiger partial charge < -0.3 is 10.0 Å². The molecule has 1 amide bonds. The third-order valence-electron chi connectivity index (χ3n) is 7.40. The largest absolute Gasteiger partial charge is 0.375 e. The highest BCUT2D eigenvalue weighted by Crippen LogP contribution is 2.44. The zero-order valence-electron chi connectivity index (χ0n) is 20.2. The number of fused-ring (bicyclic) bond motifs is 1. The van der Waals surface area contributed by atoms with Crippen molar-refractivity contribution in [2.24, 2.45) is 0 Å². The molecular weight excluding hydrogens is 410 g/mol. The number of anilines is 1. The van der Waals surface area contributed by atoms with Crippen molar-refractivity contribution >= 4 is 17.4 Å². The smallest absolute Gasteiger partial charge is 0.264 e. The molecule has 3 aromatic carbocycles. The number of Topliss-reactive ketones (excluding diaryl/α,β-unsaturated/α-hetero) is 1. The van der Waals surface area contributed by atoms with Crippen LogP contribution in [-0.2, 0) is 16.9 Å². The SMILES string of the molecule is Cc1ccc(CN2C(=O)[C@@](O)(CC(=O)c3c(C)c(C)c(C)c(C)c3C)c3ccccc32)cc1. The van der Waals surface area contributed by atoms with Gasteiger partial charge in [0.1, 0.15) is 0 Å². The zero-order valence-corrected chi connectivity index (χ0v) is 20.2. The summed E-state index contributed by atoms with van der Waals surface area (Å²) < 4.78 is 0. The maximum atomic E-state index is 13.6. The van der Waals surface area contributed by atoms with Crippen LogP contribution >= 0.6 is 0 Å². The van der Waals surface area contributed by atoms with Gasteiger partial charge in [0.05, 0.1) is 18.7 Å². The van der Waals surface area contributed by atoms with E-state index < -0.39 is 11.5 Å². The predicted octanol–water partition coefficient (Wildman–Crippen LogP) is 5.54. The van der Waals surface area contributed by atoms with Gasteiger partial charge in [-0.3, -0.25) is 9.59 Å². The molecule has 1 N–H and O–H groups in total. The molecule has 0 aromatic heterocycles. The van der Waals surface area contributed by atoms with E-state index >= 15 is 0 Å². The number of carbonyl (C=O) groups is 2. The van der Waals surface area contributed by atoms with Crippen molar-refractivity contribution in [1.29, 1.82) is 0 Å². The molecule has 0 bridgehead atoms. The lowest BCUT2D eigenvalue weighted by Crippen LogP contribution is -2.41. The average molecular weight is 442 g/mol. The first-order valence-electron chi connectivity index (χ1n) is 11.4. The minimum Gasteiger partial charge on any atom is -0.375 e. The van der Waals surface area contributed by atoms with Gasteiger partial charge in [-0.15, -0.1) is 0 Å². The van der Waals surface area contributed by atoms with Crippen LogP contribution < -0.4 is 4.90 Å². The summed E-state index contributed by atoms with van der Waals surface area (Å²) in [4.78, 5) is 28.8. The number of hydrogen-bond donors (Lipinski definition) is 1. The monoisotopic (exact) mass is 441 g/mol. The molecule has 0 saturated carbocycles. The summed E-state index contributed by atoms with van der Waals surface area (Å²) in [5, 5.41) is 11.7. The minimum absolute atomic E-state index is 0.209. The number of hydrogen-bond acceptors (Lipinski definition) is 3. The first-order chi connectivity index (χ1) is 15.6. The number of ketones is 1. The normalized spacial score (nSPS) is 17.4. The van der Waals surface area contributed by atoms with Crippen molar-refractivity contribution < 1.29 is 14.7 Å². The maximum Gasteiger partial charge on any atom is 0.264 e. The highest BCUT2D eigenvalue weighted by atomic mass is 16.3. The van der Waals surface area contributed by atoms with Crippen molar-refractivity contribution in [2.45, 2.75) is 60.1 Å². The molecule has 0 spiro atoms. The summed E-state index contributed by atoms with van der Waals surface area (Å²) in [5.74, 6) is -0.660. The Morgan fingerprint density at radius 1 is 0.818 bits per heavy atom. The van der Waals surface area contributed by atoms with Crippen LogP contribution in [-0.4, -0.2) is 16.8 Å². The fourth-order valence-electron chi connectivity index (χ4n) is 4.95. The van der Waals surface area contributed by atoms with Crippen LogP contribution in [0.1, 0.15) is 61.3 Å². The van der Waals surface area contributed by atoms with E-state index in [1.807, 2.05) is 71.0 Å². The maximum absolute atomic E-state index is 13.6. The lowest BCUT2D eigenvalue weighted by atomic mass is 9.82. The van der Waals surface area contributed by atoms with Crippen LogP contribution in [0.25, 0.3) is 0 Å². The number of rotatable bonds is 5. The first kappa shape index (κ1) is 22.9. The highest BCUT2D eigenvalue weighted by molar-refractivity contribution is 6.11. The van der Waals surface area contributed by atoms with Gasteiger partial charge in [-0.05, 0) is 81.0 Å². The van der Waals surface area contributed by atoms with E-state index in [2.05, 4.69) is 6.92 Å². The summed E-state index contributed by atoms with van der Waals surface area (Å²) in [6.07, 6.45) is -0.281. The van der Waals surface area contributed by atoms with Crippen LogP contribution in [0.3, 0.4) is 0 Å². The zero-order chi connectivity index (χ0) is 24.1. The van der Waals surface area contributed by atoms with E-state index in [1.54, 1.807) is 17.0 Å². The number of aliphatic hydroxyl groups is 1. The molecule has 0 radical (unpaired) electrons. The van der Waals surface area contributed by atoms with E-state index in [-0.39, 0.29) is 12.2 Å². The third-order valence-corrected chi connectivity index (χ3v) is 7.40. The molecule has 33 heavy (non-hydrogen) atoms. The average Bonchev–Trinajstić information content (AvgIpc) is 3.00. The molecule has 1 atom stereocenters. The number of carbonyl (C=O) groups excluding carboxylic acids is 2. The number of para-hydroxylation sites is 1. The van der Waals surface area contributed by atoms with Crippen LogP contribution in [0.4, 0.5) is 5.69 Å². The molecule has 4 heteroatoms. The molecule has 1 aliphatic heterocycles. The predicted molar refractivity (Wildman–Crippen MR) is 132 cm³/mol. The van der Waals surface area contributed by atoms with Gasteiger partial charge in [0.2, 0.25) is 0 Å². The lowest BCUT2D eigenvalue weighted by molar-refractivity contribution is -0.136. The Hall–Kier alpha value is -3.24. The van der Waals surface area contributed by atoms with Gasteiger partial charge in [0.15, 0.2) is 11.4 Å². The van der Waals surface area contributed by atoms with Crippen molar-refractivity contribution in [2.75, 3.05) is 4.90 Å². The topological polar surface area (TPSA) is 57.6 Å². The standard InChI is InChI=1S/C29H31NO3/c1-17-11-13-23(14-12-17)16-30-25-10-8-7-9-24(25)29(33,28(30)32)15-26(31)27-21(5)19(3)18(2)20(4)22(27)6/h7-14,33H,15-16H2,1-6H3/t29-/m1/s1. The van der Waals surface area contributed by atoms with Gasteiger partial charge in [-0.25, -0.2) is 0 Å². The summed E-state index contributed by atoms with van der Waals surface area (Å²) >= 11 is 0. The van der Waals surface area contributed by atoms with Gasteiger partial charge >= 0.3 is 0 Å². The molecule has 0 aliphatic carbocycles. The van der Waals surface area contributed by atoms with Crippen LogP contribution in [0.2, 0.25) is 0 Å². The lowest BCUT2D eigenvalue weighted by Gasteiger charge is -2.24. The molecule has 4 nitrogen and oxygen atoms in total. The van der Waals surface area contributed by atoms with Gasteiger partial charge in [-0.2, -0.15) is 0 Å². The molecule has 3 aromatic rings. The number of nitrogens with zero attached hydrogens (tertiary/aromatic N) is 1. The highest BCUT2D eigenvalue weighted by Gasteiger charge is 2.51. The van der Waals surface area contributed by atoms with E-state index in [4.69, 9.17) is 0 Å². The second-order valence-corrected chi connectivity index (χ2v) is 9.35. The van der Waals surface area contributed by atoms with Gasteiger partial charge in [-0.1, -0.05) is 48.0 Å². The van der Waals surface area contributed by atoms with Gasteiger partial charge in [0.25, 0.3) is 5.91 Å². The molecule has 4 rings (SSSR count). The summed E-state index contributed by atoms with van der Waals surface area (Å²) in [6, 6.07) is 15.2. The van der Waals surface area contributed by atoms with E-state index in [0.717, 1.165) is 33.4 Å². The van der Waals surface area contributed by atoms with Crippen LogP contribution in [0.15, 0.2) is 48.5 Å². The molecule has 0 fully saturated rings. The molecule has 170 valence electrons. The molecule has 0 saturated heterocycles. The molecule has 1 aliphatic rings. The second kappa shape index (κ2) is 8.27. The Bertz CT molecular complexity index is 1240. The fourth-order valence-corrected chi connectivity index (χ4v) is 4.95. The summed E-state index contributed by atoms with van der Waals surface area (Å²) in [7, 11) is 0. The second-order valence-electron chi connectivity index (χ2n) is 9.35. The summed E-state index contributed by atoms with van der Waals surface area (Å²) in [5.41, 5.74) is 7.15. The van der Waals surface area contributed by atoms with Crippen molar-refractivity contribution in [3.05, 3.63) is 98.6 Å². The Kier molecular flexibility index (Phi) is 5.75. The molecular formula is C29H31NO3. The molecule has 1 heterocycles. The van der Waals surface area contributed by atoms with E-state index in [9.17, 15) is 14.7 Å². The number of benzene rings is 3. The Labute approximate surface area is 195 Å². The summed E-state index contributed by atoms with van der Waals surface area (Å²) in [6.45, 7) is 12.3. The van der Waals surface area contributed by atoms with Crippen molar-refractivity contribution in [3.8, 4) is 0 Å². The third kappa shape index (κ3) is 3.68. The Balaban J connectivity index is 1.73. The first-order valence-corrected chi connectivity index (χ1v) is 11.4. The number of aryl methyl sites for hydroxylation is 1. The fraction of sp³-hybridized carbons (Fsp3) is 0.310. The van der Waals surface area contributed by atoms with E-state index in [0.29, 0.717) is 23.4 Å². The van der Waals surface area contributed by atoms with Crippen LogP contribution in [0, 0.1) is 41.5 Å². The Morgan fingerprint density at radius 2 is 1.36 bits per heavy atom. The molecule has 0 unspecified atom stereocenters.